The number of ether oxygens (including phenoxy) is 2. The lowest BCUT2D eigenvalue weighted by atomic mass is 10.1. The number of hydrogen-bond donors (Lipinski definition) is 2. The van der Waals surface area contributed by atoms with Crippen LogP contribution >= 0.6 is 0 Å². The number of carbonyl (C=O) groups excluding carboxylic acids is 1. The van der Waals surface area contributed by atoms with E-state index in [4.69, 9.17) is 9.47 Å². The number of esters is 1. The molecular formula is C16H17NO4. The van der Waals surface area contributed by atoms with Crippen LogP contribution in [0.2, 0.25) is 0 Å². The third-order valence-electron chi connectivity index (χ3n) is 3.09. The fraction of sp³-hybridized carbons (Fsp3) is 0.188. The standard InChI is InChI=1S/C16H17NO4/c1-20-12-8-7-11(15(18)9-12)10-17-14-6-4-3-5-13(14)16(19)21-2/h3-9,17-18H,10H2,1-2H3. The quantitative estimate of drug-likeness (QED) is 0.828. The molecule has 5 nitrogen and oxygen atoms in total. The van der Waals surface area contributed by atoms with Crippen LogP contribution in [-0.2, 0) is 11.3 Å². The van der Waals surface area contributed by atoms with Crippen molar-refractivity contribution >= 4 is 11.7 Å². The van der Waals surface area contributed by atoms with Crippen LogP contribution in [-0.4, -0.2) is 25.3 Å². The number of phenols is 1. The van der Waals surface area contributed by atoms with Crippen molar-refractivity contribution < 1.29 is 19.4 Å². The molecule has 5 heteroatoms. The Labute approximate surface area is 123 Å². The van der Waals surface area contributed by atoms with Crippen molar-refractivity contribution in [3.8, 4) is 11.5 Å². The first-order valence-electron chi connectivity index (χ1n) is 6.42. The molecule has 0 aliphatic rings. The highest BCUT2D eigenvalue weighted by atomic mass is 16.5. The molecule has 0 aliphatic carbocycles. The summed E-state index contributed by atoms with van der Waals surface area (Å²) in [7, 11) is 2.88. The van der Waals surface area contributed by atoms with E-state index in [1.807, 2.05) is 6.07 Å². The number of aromatic hydroxyl groups is 1. The van der Waals surface area contributed by atoms with E-state index < -0.39 is 5.97 Å². The molecule has 0 spiro atoms. The predicted octanol–water partition coefficient (Wildman–Crippen LogP) is 2.80. The summed E-state index contributed by atoms with van der Waals surface area (Å²) >= 11 is 0. The molecule has 0 fully saturated rings. The Morgan fingerprint density at radius 1 is 1.19 bits per heavy atom. The molecule has 0 aromatic heterocycles. The van der Waals surface area contributed by atoms with Gasteiger partial charge < -0.3 is 19.9 Å². The van der Waals surface area contributed by atoms with Gasteiger partial charge in [0.05, 0.1) is 19.8 Å². The van der Waals surface area contributed by atoms with Gasteiger partial charge in [0.25, 0.3) is 0 Å². The van der Waals surface area contributed by atoms with E-state index in [0.29, 0.717) is 29.1 Å². The summed E-state index contributed by atoms with van der Waals surface area (Å²) in [6, 6.07) is 12.1. The van der Waals surface area contributed by atoms with Gasteiger partial charge in [-0.3, -0.25) is 0 Å². The van der Waals surface area contributed by atoms with Crippen LogP contribution in [0.25, 0.3) is 0 Å². The maximum Gasteiger partial charge on any atom is 0.339 e. The van der Waals surface area contributed by atoms with Crippen molar-refractivity contribution in [2.45, 2.75) is 6.54 Å². The molecular weight excluding hydrogens is 270 g/mol. The average Bonchev–Trinajstić information content (AvgIpc) is 2.53. The largest absolute Gasteiger partial charge is 0.507 e. The van der Waals surface area contributed by atoms with Gasteiger partial charge in [0, 0.05) is 23.9 Å². The van der Waals surface area contributed by atoms with Crippen molar-refractivity contribution in [2.24, 2.45) is 0 Å². The molecule has 0 unspecified atom stereocenters. The van der Waals surface area contributed by atoms with Crippen LogP contribution in [0.5, 0.6) is 11.5 Å². The van der Waals surface area contributed by atoms with Gasteiger partial charge >= 0.3 is 5.97 Å². The SMILES string of the molecule is COC(=O)c1ccccc1NCc1ccc(OC)cc1O. The summed E-state index contributed by atoms with van der Waals surface area (Å²) in [6.07, 6.45) is 0. The normalized spacial score (nSPS) is 10.0. The fourth-order valence-corrected chi connectivity index (χ4v) is 1.94. The molecule has 0 amide bonds. The van der Waals surface area contributed by atoms with Crippen LogP contribution in [0.15, 0.2) is 42.5 Å². The molecule has 2 aromatic rings. The molecule has 0 heterocycles. The highest BCUT2D eigenvalue weighted by Crippen LogP contribution is 2.25. The number of anilines is 1. The van der Waals surface area contributed by atoms with Gasteiger partial charge in [-0.25, -0.2) is 4.79 Å². The van der Waals surface area contributed by atoms with Crippen LogP contribution in [0.1, 0.15) is 15.9 Å². The van der Waals surface area contributed by atoms with Crippen molar-refractivity contribution in [1.29, 1.82) is 0 Å². The maximum atomic E-state index is 11.7. The first kappa shape index (κ1) is 14.7. The van der Waals surface area contributed by atoms with Gasteiger partial charge in [0.2, 0.25) is 0 Å². The summed E-state index contributed by atoms with van der Waals surface area (Å²) < 4.78 is 9.77. The molecule has 2 rings (SSSR count). The van der Waals surface area contributed by atoms with Gasteiger partial charge in [-0.1, -0.05) is 12.1 Å². The van der Waals surface area contributed by atoms with Crippen LogP contribution < -0.4 is 10.1 Å². The summed E-state index contributed by atoms with van der Waals surface area (Å²) in [5, 5.41) is 13.0. The minimum Gasteiger partial charge on any atom is -0.507 e. The zero-order valence-corrected chi connectivity index (χ0v) is 11.9. The lowest BCUT2D eigenvalue weighted by Crippen LogP contribution is -2.08. The zero-order chi connectivity index (χ0) is 15.2. The predicted molar refractivity (Wildman–Crippen MR) is 79.8 cm³/mol. The molecule has 110 valence electrons. The molecule has 0 atom stereocenters. The second kappa shape index (κ2) is 6.65. The molecule has 21 heavy (non-hydrogen) atoms. The Morgan fingerprint density at radius 2 is 1.95 bits per heavy atom. The number of phenolic OH excluding ortho intramolecular Hbond substituents is 1. The number of hydrogen-bond acceptors (Lipinski definition) is 5. The highest BCUT2D eigenvalue weighted by Gasteiger charge is 2.11. The Bertz CT molecular complexity index is 640. The van der Waals surface area contributed by atoms with Crippen molar-refractivity contribution in [2.75, 3.05) is 19.5 Å². The van der Waals surface area contributed by atoms with Crippen LogP contribution in [0.4, 0.5) is 5.69 Å². The first-order chi connectivity index (χ1) is 10.2. The first-order valence-corrected chi connectivity index (χ1v) is 6.42. The highest BCUT2D eigenvalue weighted by molar-refractivity contribution is 5.95. The molecule has 0 saturated heterocycles. The molecule has 2 aromatic carbocycles. The topological polar surface area (TPSA) is 67.8 Å². The Hall–Kier alpha value is -2.69. The molecule has 0 aliphatic heterocycles. The second-order valence-electron chi connectivity index (χ2n) is 4.39. The third kappa shape index (κ3) is 3.45. The van der Waals surface area contributed by atoms with E-state index >= 15 is 0 Å². The minimum atomic E-state index is -0.406. The van der Waals surface area contributed by atoms with Crippen molar-refractivity contribution in [1.82, 2.24) is 0 Å². The van der Waals surface area contributed by atoms with Crippen LogP contribution in [0, 0.1) is 0 Å². The smallest absolute Gasteiger partial charge is 0.339 e. The van der Waals surface area contributed by atoms with Gasteiger partial charge in [-0.05, 0) is 24.3 Å². The summed E-state index contributed by atoms with van der Waals surface area (Å²) in [5.41, 5.74) is 1.81. The van der Waals surface area contributed by atoms with Gasteiger partial charge in [0.15, 0.2) is 0 Å². The van der Waals surface area contributed by atoms with Crippen LogP contribution in [0.3, 0.4) is 0 Å². The van der Waals surface area contributed by atoms with E-state index in [0.717, 1.165) is 0 Å². The number of nitrogens with one attached hydrogen (secondary N) is 1. The van der Waals surface area contributed by atoms with E-state index in [2.05, 4.69) is 5.32 Å². The Balaban J connectivity index is 2.15. The number of rotatable bonds is 5. The molecule has 0 radical (unpaired) electrons. The van der Waals surface area contributed by atoms with E-state index in [-0.39, 0.29) is 5.75 Å². The zero-order valence-electron chi connectivity index (χ0n) is 11.9. The molecule has 0 bridgehead atoms. The summed E-state index contributed by atoms with van der Waals surface area (Å²) in [6.45, 7) is 0.379. The fourth-order valence-electron chi connectivity index (χ4n) is 1.94. The Morgan fingerprint density at radius 3 is 2.62 bits per heavy atom. The van der Waals surface area contributed by atoms with E-state index in [1.54, 1.807) is 43.5 Å². The molecule has 0 saturated carbocycles. The van der Waals surface area contributed by atoms with Crippen molar-refractivity contribution in [3.05, 3.63) is 53.6 Å². The maximum absolute atomic E-state index is 11.7. The molecule has 2 N–H and O–H groups in total. The van der Waals surface area contributed by atoms with Crippen molar-refractivity contribution in [3.63, 3.8) is 0 Å². The number of methoxy groups -OCH3 is 2. The monoisotopic (exact) mass is 287 g/mol. The van der Waals surface area contributed by atoms with Gasteiger partial charge in [-0.15, -0.1) is 0 Å². The summed E-state index contributed by atoms with van der Waals surface area (Å²) in [5.74, 6) is 0.320. The lowest BCUT2D eigenvalue weighted by molar-refractivity contribution is 0.0602. The average molecular weight is 287 g/mol. The lowest BCUT2D eigenvalue weighted by Gasteiger charge is -2.12. The number of benzene rings is 2. The second-order valence-corrected chi connectivity index (χ2v) is 4.39. The summed E-state index contributed by atoms with van der Waals surface area (Å²) in [4.78, 5) is 11.7. The Kier molecular flexibility index (Phi) is 4.66. The number of para-hydroxylation sites is 1. The number of carbonyl (C=O) groups is 1. The third-order valence-corrected chi connectivity index (χ3v) is 3.09. The minimum absolute atomic E-state index is 0.136. The van der Waals surface area contributed by atoms with E-state index in [9.17, 15) is 9.90 Å². The van der Waals surface area contributed by atoms with Gasteiger partial charge in [-0.2, -0.15) is 0 Å². The van der Waals surface area contributed by atoms with E-state index in [1.165, 1.54) is 7.11 Å². The van der Waals surface area contributed by atoms with Gasteiger partial charge in [0.1, 0.15) is 11.5 Å².